The molecule has 2 aliphatic rings. The summed E-state index contributed by atoms with van der Waals surface area (Å²) in [4.78, 5) is 13.4. The second kappa shape index (κ2) is 6.71. The van der Waals surface area contributed by atoms with Gasteiger partial charge in [-0.25, -0.2) is 0 Å². The number of carboxylic acids is 1. The van der Waals surface area contributed by atoms with Crippen LogP contribution in [0.2, 0.25) is 0 Å². The molecule has 1 aliphatic carbocycles. The number of aliphatic carboxylic acids is 1. The van der Waals surface area contributed by atoms with Crippen molar-refractivity contribution in [2.24, 2.45) is 17.8 Å². The van der Waals surface area contributed by atoms with Gasteiger partial charge < -0.3 is 9.84 Å². The van der Waals surface area contributed by atoms with Crippen molar-refractivity contribution in [1.29, 1.82) is 0 Å². The van der Waals surface area contributed by atoms with Crippen molar-refractivity contribution in [3.8, 4) is 0 Å². The van der Waals surface area contributed by atoms with E-state index in [0.29, 0.717) is 18.4 Å². The number of nitrogens with zero attached hydrogens (tertiary/aromatic N) is 1. The summed E-state index contributed by atoms with van der Waals surface area (Å²) in [6.45, 7) is 5.12. The maximum atomic E-state index is 10.9. The Balaban J connectivity index is 1.89. The molecule has 4 nitrogen and oxygen atoms in total. The van der Waals surface area contributed by atoms with Crippen LogP contribution in [-0.2, 0) is 9.53 Å². The quantitative estimate of drug-likeness (QED) is 0.770. The molecule has 0 bridgehead atoms. The predicted octanol–water partition coefficient (Wildman–Crippen LogP) is 2.23. The highest BCUT2D eigenvalue weighted by Gasteiger charge is 2.37. The number of hydrogen-bond donors (Lipinski definition) is 1. The van der Waals surface area contributed by atoms with Gasteiger partial charge in [-0.2, -0.15) is 0 Å². The Bertz CT molecular complexity index is 304. The van der Waals surface area contributed by atoms with Crippen molar-refractivity contribution in [1.82, 2.24) is 4.90 Å². The summed E-state index contributed by atoms with van der Waals surface area (Å²) in [7, 11) is 1.78. The molecule has 110 valence electrons. The summed E-state index contributed by atoms with van der Waals surface area (Å²) < 4.78 is 5.38. The van der Waals surface area contributed by atoms with Crippen LogP contribution in [0.5, 0.6) is 0 Å². The molecule has 0 aromatic carbocycles. The molecule has 3 unspecified atom stereocenters. The molecule has 1 saturated carbocycles. The van der Waals surface area contributed by atoms with Crippen LogP contribution in [0.3, 0.4) is 0 Å². The highest BCUT2D eigenvalue weighted by Crippen LogP contribution is 2.38. The Labute approximate surface area is 116 Å². The first-order chi connectivity index (χ1) is 9.11. The van der Waals surface area contributed by atoms with Gasteiger partial charge in [-0.1, -0.05) is 6.92 Å². The highest BCUT2D eigenvalue weighted by atomic mass is 16.5. The maximum absolute atomic E-state index is 10.9. The second-order valence-corrected chi connectivity index (χ2v) is 6.33. The minimum Gasteiger partial charge on any atom is -0.481 e. The Morgan fingerprint density at radius 2 is 2.11 bits per heavy atom. The zero-order chi connectivity index (χ0) is 13.8. The van der Waals surface area contributed by atoms with Gasteiger partial charge >= 0.3 is 5.97 Å². The summed E-state index contributed by atoms with van der Waals surface area (Å²) in [5.41, 5.74) is 0. The van der Waals surface area contributed by atoms with E-state index in [1.54, 1.807) is 7.11 Å². The van der Waals surface area contributed by atoms with Gasteiger partial charge in [0.25, 0.3) is 0 Å². The highest BCUT2D eigenvalue weighted by molar-refractivity contribution is 5.67. The average molecular weight is 269 g/mol. The molecule has 0 amide bonds. The van der Waals surface area contributed by atoms with Crippen molar-refractivity contribution in [3.63, 3.8) is 0 Å². The molecule has 1 heterocycles. The van der Waals surface area contributed by atoms with Crippen LogP contribution in [-0.4, -0.2) is 48.8 Å². The third-order valence-corrected chi connectivity index (χ3v) is 4.76. The standard InChI is InChI=1S/C15H27NO3/c1-11(8-15(17)18)13-4-3-7-16(9-13)14(10-19-2)12-5-6-12/h11-14H,3-10H2,1-2H3,(H,17,18). The van der Waals surface area contributed by atoms with E-state index in [4.69, 9.17) is 9.84 Å². The Morgan fingerprint density at radius 3 is 2.68 bits per heavy atom. The summed E-state index contributed by atoms with van der Waals surface area (Å²) in [6.07, 6.45) is 5.34. The normalized spacial score (nSPS) is 28.0. The summed E-state index contributed by atoms with van der Waals surface area (Å²) in [5, 5.41) is 8.94. The van der Waals surface area contributed by atoms with Gasteiger partial charge in [0, 0.05) is 26.1 Å². The van der Waals surface area contributed by atoms with Crippen molar-refractivity contribution >= 4 is 5.97 Å². The fourth-order valence-corrected chi connectivity index (χ4v) is 3.44. The third-order valence-electron chi connectivity index (χ3n) is 4.76. The van der Waals surface area contributed by atoms with Gasteiger partial charge in [0.1, 0.15) is 0 Å². The van der Waals surface area contributed by atoms with E-state index in [1.165, 1.54) is 25.7 Å². The number of carboxylic acid groups (broad SMARTS) is 1. The van der Waals surface area contributed by atoms with Gasteiger partial charge in [0.05, 0.1) is 6.61 Å². The number of piperidine rings is 1. The monoisotopic (exact) mass is 269 g/mol. The number of ether oxygens (including phenoxy) is 1. The number of rotatable bonds is 7. The zero-order valence-corrected chi connectivity index (χ0v) is 12.2. The topological polar surface area (TPSA) is 49.8 Å². The molecular formula is C15H27NO3. The third kappa shape index (κ3) is 4.18. The molecule has 1 aliphatic heterocycles. The zero-order valence-electron chi connectivity index (χ0n) is 12.2. The number of hydrogen-bond acceptors (Lipinski definition) is 3. The van der Waals surface area contributed by atoms with Crippen LogP contribution in [0.25, 0.3) is 0 Å². The number of methoxy groups -OCH3 is 1. The minimum atomic E-state index is -0.666. The Morgan fingerprint density at radius 1 is 1.37 bits per heavy atom. The van der Waals surface area contributed by atoms with Crippen molar-refractivity contribution in [3.05, 3.63) is 0 Å². The average Bonchev–Trinajstić information content (AvgIpc) is 3.19. The number of likely N-dealkylation sites (tertiary alicyclic amines) is 1. The summed E-state index contributed by atoms with van der Waals surface area (Å²) in [5.74, 6) is 0.958. The minimum absolute atomic E-state index is 0.280. The Kier molecular flexibility index (Phi) is 5.22. The van der Waals surface area contributed by atoms with Crippen LogP contribution in [0.4, 0.5) is 0 Å². The van der Waals surface area contributed by atoms with Crippen LogP contribution < -0.4 is 0 Å². The van der Waals surface area contributed by atoms with Gasteiger partial charge in [0.2, 0.25) is 0 Å². The fraction of sp³-hybridized carbons (Fsp3) is 0.933. The molecule has 1 saturated heterocycles. The van der Waals surface area contributed by atoms with Crippen LogP contribution in [0, 0.1) is 17.8 Å². The molecular weight excluding hydrogens is 242 g/mol. The molecule has 1 N–H and O–H groups in total. The van der Waals surface area contributed by atoms with Gasteiger partial charge in [-0.05, 0) is 50.0 Å². The molecule has 2 rings (SSSR count). The van der Waals surface area contributed by atoms with Crippen molar-refractivity contribution < 1.29 is 14.6 Å². The first-order valence-corrected chi connectivity index (χ1v) is 7.56. The van der Waals surface area contributed by atoms with Gasteiger partial charge in [-0.15, -0.1) is 0 Å². The van der Waals surface area contributed by atoms with E-state index in [9.17, 15) is 4.79 Å². The predicted molar refractivity (Wildman–Crippen MR) is 74.1 cm³/mol. The van der Waals surface area contributed by atoms with E-state index in [-0.39, 0.29) is 5.92 Å². The lowest BCUT2D eigenvalue weighted by molar-refractivity contribution is -0.138. The second-order valence-electron chi connectivity index (χ2n) is 6.33. The van der Waals surface area contributed by atoms with Gasteiger partial charge in [0.15, 0.2) is 0 Å². The van der Waals surface area contributed by atoms with E-state index in [0.717, 1.165) is 25.6 Å². The lowest BCUT2D eigenvalue weighted by atomic mass is 9.84. The molecule has 19 heavy (non-hydrogen) atoms. The van der Waals surface area contributed by atoms with E-state index < -0.39 is 5.97 Å². The summed E-state index contributed by atoms with van der Waals surface area (Å²) in [6, 6.07) is 0.560. The number of carbonyl (C=O) groups is 1. The first-order valence-electron chi connectivity index (χ1n) is 7.56. The van der Waals surface area contributed by atoms with Crippen molar-refractivity contribution in [2.75, 3.05) is 26.8 Å². The molecule has 0 radical (unpaired) electrons. The van der Waals surface area contributed by atoms with Crippen LogP contribution in [0.1, 0.15) is 39.0 Å². The van der Waals surface area contributed by atoms with E-state index in [2.05, 4.69) is 11.8 Å². The first kappa shape index (κ1) is 14.8. The lowest BCUT2D eigenvalue weighted by Crippen LogP contribution is -2.47. The Hall–Kier alpha value is -0.610. The van der Waals surface area contributed by atoms with Crippen molar-refractivity contribution in [2.45, 2.75) is 45.1 Å². The lowest BCUT2D eigenvalue weighted by Gasteiger charge is -2.40. The summed E-state index contributed by atoms with van der Waals surface area (Å²) >= 11 is 0. The molecule has 4 heteroatoms. The molecule has 0 spiro atoms. The van der Waals surface area contributed by atoms with Crippen LogP contribution >= 0.6 is 0 Å². The molecule has 3 atom stereocenters. The van der Waals surface area contributed by atoms with Crippen LogP contribution in [0.15, 0.2) is 0 Å². The molecule has 2 fully saturated rings. The fourth-order valence-electron chi connectivity index (χ4n) is 3.44. The molecule has 0 aromatic rings. The maximum Gasteiger partial charge on any atom is 0.303 e. The van der Waals surface area contributed by atoms with E-state index in [1.807, 2.05) is 0 Å². The van der Waals surface area contributed by atoms with E-state index >= 15 is 0 Å². The smallest absolute Gasteiger partial charge is 0.303 e. The SMILES string of the molecule is COCC(C1CC1)N1CCCC(C(C)CC(=O)O)C1. The van der Waals surface area contributed by atoms with Gasteiger partial charge in [-0.3, -0.25) is 9.69 Å². The largest absolute Gasteiger partial charge is 0.481 e. The molecule has 0 aromatic heterocycles.